The zero-order valence-corrected chi connectivity index (χ0v) is 16.9. The molecule has 5 rings (SSSR count). The van der Waals surface area contributed by atoms with Crippen LogP contribution in [0.2, 0.25) is 0 Å². The van der Waals surface area contributed by atoms with Crippen LogP contribution >= 0.6 is 0 Å². The van der Waals surface area contributed by atoms with E-state index in [9.17, 15) is 0 Å². The molecule has 5 heteroatoms. The zero-order chi connectivity index (χ0) is 19.3. The van der Waals surface area contributed by atoms with Crippen molar-refractivity contribution in [3.05, 3.63) is 82.7 Å². The van der Waals surface area contributed by atoms with Gasteiger partial charge in [-0.25, -0.2) is 0 Å². The Morgan fingerprint density at radius 3 is 1.68 bits per heavy atom. The Morgan fingerprint density at radius 1 is 0.821 bits per heavy atom. The molecule has 0 saturated heterocycles. The molecule has 144 valence electrons. The van der Waals surface area contributed by atoms with E-state index < -0.39 is 0 Å². The van der Waals surface area contributed by atoms with Crippen LogP contribution in [0.25, 0.3) is 0 Å². The first kappa shape index (κ1) is 17.6. The van der Waals surface area contributed by atoms with Gasteiger partial charge in [0.05, 0.1) is 27.2 Å². The number of rotatable bonds is 2. The van der Waals surface area contributed by atoms with Gasteiger partial charge in [-0.15, -0.1) is 0 Å². The molecule has 2 N–H and O–H groups in total. The van der Waals surface area contributed by atoms with Gasteiger partial charge in [-0.1, -0.05) is 0 Å². The second kappa shape index (κ2) is 6.83. The van der Waals surface area contributed by atoms with Gasteiger partial charge in [0.2, 0.25) is 0 Å². The van der Waals surface area contributed by atoms with E-state index >= 15 is 0 Å². The molecule has 4 unspecified atom stereocenters. The fraction of sp³-hybridized carbons (Fsp3) is 0.391. The minimum Gasteiger partial charge on any atom is -0.350 e. The first-order chi connectivity index (χ1) is 13.7. The van der Waals surface area contributed by atoms with Crippen molar-refractivity contribution in [1.82, 2.24) is 14.5 Å². The molecule has 0 bridgehead atoms. The Morgan fingerprint density at radius 2 is 1.29 bits per heavy atom. The number of likely N-dealkylation sites (N-methyl/N-ethyl adjacent to an activating group) is 2. The van der Waals surface area contributed by atoms with Gasteiger partial charge < -0.3 is 14.4 Å². The summed E-state index contributed by atoms with van der Waals surface area (Å²) in [6, 6.07) is 9.32. The monoisotopic (exact) mass is 375 g/mol. The fourth-order valence-electron chi connectivity index (χ4n) is 5.49. The van der Waals surface area contributed by atoms with Crippen molar-refractivity contribution in [2.24, 2.45) is 7.05 Å². The minimum atomic E-state index is 0.345. The maximum Gasteiger partial charge on any atom is 0.142 e. The highest BCUT2D eigenvalue weighted by atomic mass is 15.2. The minimum absolute atomic E-state index is 0.345. The maximum atomic E-state index is 4.44. The first-order valence-corrected chi connectivity index (χ1v) is 10.3. The van der Waals surface area contributed by atoms with E-state index in [0.717, 1.165) is 25.9 Å². The molecule has 3 aromatic heterocycles. The average Bonchev–Trinajstić information content (AvgIpc) is 3.01. The van der Waals surface area contributed by atoms with Gasteiger partial charge in [0.1, 0.15) is 12.1 Å². The second-order valence-corrected chi connectivity index (χ2v) is 8.41. The van der Waals surface area contributed by atoms with Crippen LogP contribution in [0.4, 0.5) is 0 Å². The number of aromatic nitrogens is 3. The summed E-state index contributed by atoms with van der Waals surface area (Å²) < 4.78 is 2.51. The van der Waals surface area contributed by atoms with Crippen LogP contribution in [0.1, 0.15) is 45.7 Å². The molecule has 3 aromatic rings. The smallest absolute Gasteiger partial charge is 0.142 e. The fourth-order valence-corrected chi connectivity index (χ4v) is 5.49. The summed E-state index contributed by atoms with van der Waals surface area (Å²) in [6.45, 7) is 2.31. The summed E-state index contributed by atoms with van der Waals surface area (Å²) in [5, 5.41) is 0. The van der Waals surface area contributed by atoms with Crippen LogP contribution in [-0.4, -0.2) is 41.7 Å². The van der Waals surface area contributed by atoms with E-state index in [4.69, 9.17) is 0 Å². The molecular formula is C23H29N5+2. The van der Waals surface area contributed by atoms with Gasteiger partial charge in [-0.3, -0.25) is 9.97 Å². The third-order valence-corrected chi connectivity index (χ3v) is 6.83. The molecular weight excluding hydrogens is 346 g/mol. The molecule has 2 aliphatic rings. The number of fused-ring (bicyclic) bond motifs is 3. The van der Waals surface area contributed by atoms with Gasteiger partial charge in [0.25, 0.3) is 0 Å². The Kier molecular flexibility index (Phi) is 4.29. The van der Waals surface area contributed by atoms with E-state index in [0.29, 0.717) is 12.1 Å². The van der Waals surface area contributed by atoms with Crippen molar-refractivity contribution in [2.45, 2.75) is 24.9 Å². The Labute approximate surface area is 166 Å². The summed E-state index contributed by atoms with van der Waals surface area (Å²) in [5.74, 6) is 0. The summed E-state index contributed by atoms with van der Waals surface area (Å²) in [4.78, 5) is 12.0. The maximum absolute atomic E-state index is 4.44. The van der Waals surface area contributed by atoms with Crippen LogP contribution in [0, 0.1) is 0 Å². The predicted octanol–water partition coefficient (Wildman–Crippen LogP) is 0.136. The molecule has 0 saturated carbocycles. The van der Waals surface area contributed by atoms with E-state index in [1.165, 1.54) is 22.5 Å². The Hall–Kier alpha value is -2.50. The molecule has 5 nitrogen and oxygen atoms in total. The van der Waals surface area contributed by atoms with Crippen molar-refractivity contribution in [1.29, 1.82) is 0 Å². The number of quaternary nitrogens is 2. The van der Waals surface area contributed by atoms with Crippen molar-refractivity contribution in [3.63, 3.8) is 0 Å². The molecule has 5 heterocycles. The highest BCUT2D eigenvalue weighted by molar-refractivity contribution is 5.49. The number of nitrogens with zero attached hydrogens (tertiary/aromatic N) is 3. The molecule has 0 radical (unpaired) electrons. The van der Waals surface area contributed by atoms with E-state index in [1.807, 2.05) is 12.4 Å². The van der Waals surface area contributed by atoms with Crippen LogP contribution in [0.5, 0.6) is 0 Å². The van der Waals surface area contributed by atoms with Crippen molar-refractivity contribution in [3.8, 4) is 0 Å². The average molecular weight is 376 g/mol. The summed E-state index contributed by atoms with van der Waals surface area (Å²) in [5.41, 5.74) is 8.77. The second-order valence-electron chi connectivity index (χ2n) is 8.41. The Bertz CT molecular complexity index is 900. The van der Waals surface area contributed by atoms with Crippen LogP contribution in [0.3, 0.4) is 0 Å². The number of hydrogen-bond acceptors (Lipinski definition) is 2. The summed E-state index contributed by atoms with van der Waals surface area (Å²) in [6.07, 6.45) is 10.1. The Balaban J connectivity index is 1.76. The SMILES string of the molecule is Cn1c2c(c3c1CC[NH+](C)C3c1cccnc1)C(c1cccnc1)[NH+](C)CC2. The summed E-state index contributed by atoms with van der Waals surface area (Å²) in [7, 11) is 6.94. The third kappa shape index (κ3) is 2.61. The van der Waals surface area contributed by atoms with E-state index in [2.05, 4.69) is 72.3 Å². The molecule has 4 atom stereocenters. The van der Waals surface area contributed by atoms with Gasteiger partial charge in [-0.05, 0) is 24.3 Å². The number of hydrogen-bond donors (Lipinski definition) is 2. The lowest BCUT2D eigenvalue weighted by Gasteiger charge is -2.34. The van der Waals surface area contributed by atoms with Crippen LogP contribution in [0.15, 0.2) is 49.1 Å². The van der Waals surface area contributed by atoms with Gasteiger partial charge in [0, 0.05) is 78.3 Å². The highest BCUT2D eigenvalue weighted by Crippen LogP contribution is 2.38. The van der Waals surface area contributed by atoms with Crippen LogP contribution in [-0.2, 0) is 19.9 Å². The van der Waals surface area contributed by atoms with Gasteiger partial charge in [-0.2, -0.15) is 0 Å². The zero-order valence-electron chi connectivity index (χ0n) is 16.9. The molecule has 0 fully saturated rings. The van der Waals surface area contributed by atoms with E-state index in [-0.39, 0.29) is 0 Å². The lowest BCUT2D eigenvalue weighted by atomic mass is 9.84. The molecule has 0 spiro atoms. The van der Waals surface area contributed by atoms with Crippen molar-refractivity contribution < 1.29 is 9.80 Å². The van der Waals surface area contributed by atoms with E-state index in [1.54, 1.807) is 20.9 Å². The number of nitrogens with one attached hydrogen (secondary N) is 2. The molecule has 28 heavy (non-hydrogen) atoms. The first-order valence-electron chi connectivity index (χ1n) is 10.3. The van der Waals surface area contributed by atoms with Crippen LogP contribution < -0.4 is 9.80 Å². The largest absolute Gasteiger partial charge is 0.350 e. The highest BCUT2D eigenvalue weighted by Gasteiger charge is 2.43. The third-order valence-electron chi connectivity index (χ3n) is 6.83. The predicted molar refractivity (Wildman–Crippen MR) is 108 cm³/mol. The molecule has 0 aromatic carbocycles. The molecule has 2 aliphatic heterocycles. The van der Waals surface area contributed by atoms with Crippen molar-refractivity contribution >= 4 is 0 Å². The summed E-state index contributed by atoms with van der Waals surface area (Å²) >= 11 is 0. The lowest BCUT2D eigenvalue weighted by Crippen LogP contribution is -3.11. The quantitative estimate of drug-likeness (QED) is 0.669. The van der Waals surface area contributed by atoms with Crippen molar-refractivity contribution in [2.75, 3.05) is 27.2 Å². The number of pyridine rings is 2. The molecule has 0 aliphatic carbocycles. The lowest BCUT2D eigenvalue weighted by molar-refractivity contribution is -0.912. The standard InChI is InChI=1S/C23H27N5/c1-26-12-8-18-20(22(26)16-6-4-10-24-14-16)21-19(28(18)3)9-13-27(2)23(21)17-7-5-11-25-15-17/h4-7,10-11,14-15,22-23H,8-9,12-13H2,1-3H3/p+2. The molecule has 0 amide bonds. The normalized spacial score (nSPS) is 26.5. The topological polar surface area (TPSA) is 39.6 Å². The van der Waals surface area contributed by atoms with Gasteiger partial charge >= 0.3 is 0 Å². The van der Waals surface area contributed by atoms with Gasteiger partial charge in [0.15, 0.2) is 0 Å².